The standard InChI is InChI=1S/C17H28N4O3/c1-11(2)15-9-21(20-19-15)8-7-13-5-6-14(16(10-22)24-13)18-17(23)12-3-4-12/h9,11-14,16,22H,3-8,10H2,1-2H3,(H,18,23)/t13-,14+,16-/m1/s1. The summed E-state index contributed by atoms with van der Waals surface area (Å²) in [6.45, 7) is 4.88. The van der Waals surface area contributed by atoms with Crippen LogP contribution in [0.25, 0.3) is 0 Å². The highest BCUT2D eigenvalue weighted by Gasteiger charge is 2.36. The van der Waals surface area contributed by atoms with E-state index in [1.807, 2.05) is 10.9 Å². The van der Waals surface area contributed by atoms with Crippen molar-refractivity contribution >= 4 is 5.91 Å². The zero-order chi connectivity index (χ0) is 17.1. The van der Waals surface area contributed by atoms with E-state index in [0.717, 1.165) is 44.3 Å². The number of aliphatic hydroxyl groups is 1. The molecule has 2 N–H and O–H groups in total. The van der Waals surface area contributed by atoms with Gasteiger partial charge in [0.1, 0.15) is 6.10 Å². The number of nitrogens with zero attached hydrogens (tertiary/aromatic N) is 3. The Labute approximate surface area is 142 Å². The molecule has 3 rings (SSSR count). The minimum Gasteiger partial charge on any atom is -0.394 e. The average molecular weight is 336 g/mol. The van der Waals surface area contributed by atoms with Gasteiger partial charge < -0.3 is 15.2 Å². The van der Waals surface area contributed by atoms with E-state index in [-0.39, 0.29) is 36.7 Å². The summed E-state index contributed by atoms with van der Waals surface area (Å²) in [5.74, 6) is 0.674. The number of aromatic nitrogens is 3. The maximum Gasteiger partial charge on any atom is 0.223 e. The molecular formula is C17H28N4O3. The van der Waals surface area contributed by atoms with E-state index in [4.69, 9.17) is 4.74 Å². The fraction of sp³-hybridized carbons (Fsp3) is 0.824. The van der Waals surface area contributed by atoms with Crippen molar-refractivity contribution in [2.24, 2.45) is 5.92 Å². The first-order chi connectivity index (χ1) is 11.6. The normalized spacial score (nSPS) is 27.4. The van der Waals surface area contributed by atoms with Crippen LogP contribution in [0.2, 0.25) is 0 Å². The minimum absolute atomic E-state index is 0.0626. The topological polar surface area (TPSA) is 89.3 Å². The summed E-state index contributed by atoms with van der Waals surface area (Å²) in [6, 6.07) is -0.0711. The Morgan fingerprint density at radius 3 is 2.83 bits per heavy atom. The van der Waals surface area contributed by atoms with Crippen LogP contribution in [0.3, 0.4) is 0 Å². The molecule has 1 aromatic heterocycles. The molecule has 1 aliphatic heterocycles. The van der Waals surface area contributed by atoms with E-state index in [1.165, 1.54) is 0 Å². The van der Waals surface area contributed by atoms with Gasteiger partial charge in [-0.2, -0.15) is 0 Å². The zero-order valence-electron chi connectivity index (χ0n) is 14.5. The van der Waals surface area contributed by atoms with Gasteiger partial charge in [0.25, 0.3) is 0 Å². The van der Waals surface area contributed by atoms with Gasteiger partial charge >= 0.3 is 0 Å². The number of carbonyl (C=O) groups excluding carboxylic acids is 1. The predicted molar refractivity (Wildman–Crippen MR) is 88.4 cm³/mol. The zero-order valence-corrected chi connectivity index (χ0v) is 14.5. The second-order valence-corrected chi connectivity index (χ2v) is 7.30. The summed E-state index contributed by atoms with van der Waals surface area (Å²) in [7, 11) is 0. The van der Waals surface area contributed by atoms with Gasteiger partial charge in [-0.15, -0.1) is 5.10 Å². The molecule has 24 heavy (non-hydrogen) atoms. The Kier molecular flexibility index (Phi) is 5.50. The van der Waals surface area contributed by atoms with Gasteiger partial charge in [-0.05, 0) is 38.0 Å². The van der Waals surface area contributed by atoms with Gasteiger partial charge in [0, 0.05) is 18.7 Å². The van der Waals surface area contributed by atoms with Crippen LogP contribution in [-0.2, 0) is 16.1 Å². The van der Waals surface area contributed by atoms with E-state index < -0.39 is 0 Å². The highest BCUT2D eigenvalue weighted by molar-refractivity contribution is 5.81. The summed E-state index contributed by atoms with van der Waals surface area (Å²) in [4.78, 5) is 11.9. The van der Waals surface area contributed by atoms with E-state index in [1.54, 1.807) is 0 Å². The monoisotopic (exact) mass is 336 g/mol. The molecule has 134 valence electrons. The van der Waals surface area contributed by atoms with Gasteiger partial charge in [-0.25, -0.2) is 0 Å². The summed E-state index contributed by atoms with van der Waals surface area (Å²) in [5, 5.41) is 20.9. The number of amides is 1. The number of aliphatic hydroxyl groups excluding tert-OH is 1. The number of nitrogens with one attached hydrogen (secondary N) is 1. The number of hydrogen-bond donors (Lipinski definition) is 2. The Morgan fingerprint density at radius 2 is 2.21 bits per heavy atom. The molecule has 0 radical (unpaired) electrons. The lowest BCUT2D eigenvalue weighted by Gasteiger charge is -2.36. The van der Waals surface area contributed by atoms with Crippen LogP contribution in [0.5, 0.6) is 0 Å². The first-order valence-corrected chi connectivity index (χ1v) is 9.03. The first-order valence-electron chi connectivity index (χ1n) is 9.03. The summed E-state index contributed by atoms with van der Waals surface area (Å²) >= 11 is 0. The van der Waals surface area contributed by atoms with Crippen LogP contribution >= 0.6 is 0 Å². The molecule has 1 saturated heterocycles. The number of ether oxygens (including phenoxy) is 1. The Morgan fingerprint density at radius 1 is 1.42 bits per heavy atom. The largest absolute Gasteiger partial charge is 0.394 e. The Bertz CT molecular complexity index is 556. The van der Waals surface area contributed by atoms with Gasteiger partial charge in [-0.3, -0.25) is 9.48 Å². The van der Waals surface area contributed by atoms with Crippen LogP contribution < -0.4 is 5.32 Å². The van der Waals surface area contributed by atoms with Gasteiger partial charge in [0.05, 0.1) is 24.4 Å². The highest BCUT2D eigenvalue weighted by atomic mass is 16.5. The van der Waals surface area contributed by atoms with Crippen LogP contribution in [0.15, 0.2) is 6.20 Å². The fourth-order valence-electron chi connectivity index (χ4n) is 3.12. The van der Waals surface area contributed by atoms with E-state index in [0.29, 0.717) is 5.92 Å². The smallest absolute Gasteiger partial charge is 0.223 e. The minimum atomic E-state index is -0.312. The fourth-order valence-corrected chi connectivity index (χ4v) is 3.12. The summed E-state index contributed by atoms with van der Waals surface area (Å²) in [5.41, 5.74) is 0.996. The number of carbonyl (C=O) groups is 1. The van der Waals surface area contributed by atoms with Crippen molar-refractivity contribution in [3.05, 3.63) is 11.9 Å². The van der Waals surface area contributed by atoms with Crippen LogP contribution in [-0.4, -0.2) is 50.9 Å². The van der Waals surface area contributed by atoms with Crippen molar-refractivity contribution in [1.29, 1.82) is 0 Å². The van der Waals surface area contributed by atoms with E-state index in [9.17, 15) is 9.90 Å². The third-order valence-corrected chi connectivity index (χ3v) is 4.90. The lowest BCUT2D eigenvalue weighted by Crippen LogP contribution is -2.51. The molecule has 0 bridgehead atoms. The summed E-state index contributed by atoms with van der Waals surface area (Å²) in [6.07, 6.45) is 6.30. The maximum atomic E-state index is 11.9. The SMILES string of the molecule is CC(C)c1cn(CC[C@H]2CC[C@H](NC(=O)C3CC3)[C@@H](CO)O2)nn1. The quantitative estimate of drug-likeness (QED) is 0.782. The molecule has 1 amide bonds. The van der Waals surface area contributed by atoms with Gasteiger partial charge in [0.2, 0.25) is 5.91 Å². The second-order valence-electron chi connectivity index (χ2n) is 7.30. The molecule has 1 aliphatic carbocycles. The molecule has 0 unspecified atom stereocenters. The Balaban J connectivity index is 1.46. The molecule has 1 aromatic rings. The van der Waals surface area contributed by atoms with Crippen LogP contribution in [0.1, 0.15) is 57.6 Å². The van der Waals surface area contributed by atoms with Crippen molar-refractivity contribution in [2.75, 3.05) is 6.61 Å². The van der Waals surface area contributed by atoms with Gasteiger partial charge in [0.15, 0.2) is 0 Å². The highest BCUT2D eigenvalue weighted by Crippen LogP contribution is 2.30. The first kappa shape index (κ1) is 17.4. The Hall–Kier alpha value is -1.47. The van der Waals surface area contributed by atoms with Gasteiger partial charge in [-0.1, -0.05) is 19.1 Å². The molecule has 2 heterocycles. The lowest BCUT2D eigenvalue weighted by molar-refractivity contribution is -0.129. The molecule has 0 spiro atoms. The van der Waals surface area contributed by atoms with Crippen molar-refractivity contribution in [2.45, 2.75) is 76.7 Å². The summed E-state index contributed by atoms with van der Waals surface area (Å²) < 4.78 is 7.85. The third-order valence-electron chi connectivity index (χ3n) is 4.90. The van der Waals surface area contributed by atoms with E-state index in [2.05, 4.69) is 29.5 Å². The predicted octanol–water partition coefficient (Wildman–Crippen LogP) is 1.23. The van der Waals surface area contributed by atoms with Crippen molar-refractivity contribution < 1.29 is 14.6 Å². The second kappa shape index (κ2) is 7.61. The molecule has 0 aromatic carbocycles. The molecule has 2 aliphatic rings. The number of aryl methyl sites for hydroxylation is 1. The average Bonchev–Trinajstić information content (AvgIpc) is 3.32. The van der Waals surface area contributed by atoms with E-state index >= 15 is 0 Å². The number of hydrogen-bond acceptors (Lipinski definition) is 5. The molecular weight excluding hydrogens is 308 g/mol. The molecule has 1 saturated carbocycles. The molecule has 3 atom stereocenters. The number of rotatable bonds is 7. The molecule has 7 heteroatoms. The van der Waals surface area contributed by atoms with Crippen LogP contribution in [0.4, 0.5) is 0 Å². The van der Waals surface area contributed by atoms with Crippen molar-refractivity contribution in [3.63, 3.8) is 0 Å². The lowest BCUT2D eigenvalue weighted by atomic mass is 9.97. The van der Waals surface area contributed by atoms with Crippen LogP contribution in [0, 0.1) is 5.92 Å². The van der Waals surface area contributed by atoms with Crippen molar-refractivity contribution in [1.82, 2.24) is 20.3 Å². The molecule has 2 fully saturated rings. The third kappa shape index (κ3) is 4.33. The van der Waals surface area contributed by atoms with Crippen molar-refractivity contribution in [3.8, 4) is 0 Å². The maximum absolute atomic E-state index is 11.9. The molecule has 7 nitrogen and oxygen atoms in total.